The zero-order chi connectivity index (χ0) is 15.0. The van der Waals surface area contributed by atoms with Crippen molar-refractivity contribution >= 4 is 11.6 Å². The van der Waals surface area contributed by atoms with Crippen molar-refractivity contribution in [1.29, 1.82) is 0 Å². The molecule has 5 heteroatoms. The van der Waals surface area contributed by atoms with Crippen molar-refractivity contribution < 1.29 is 0 Å². The quantitative estimate of drug-likeness (QED) is 0.883. The number of hydrogen-bond acceptors (Lipinski definition) is 2. The number of aryl methyl sites for hydroxylation is 1. The molecule has 2 aromatic rings. The standard InChI is InChI=1S/C16H17ClN2O2/c1-10-3-2-4-12(9-10)13-14(17)18-16(21)19(15(13)20)8-7-11-5-6-11/h2-4,9,11H,5-8H2,1H3,(H,18,21). The summed E-state index contributed by atoms with van der Waals surface area (Å²) >= 11 is 6.10. The summed E-state index contributed by atoms with van der Waals surface area (Å²) < 4.78 is 1.27. The van der Waals surface area contributed by atoms with Gasteiger partial charge < -0.3 is 0 Å². The van der Waals surface area contributed by atoms with Gasteiger partial charge in [0.25, 0.3) is 5.56 Å². The zero-order valence-corrected chi connectivity index (χ0v) is 12.6. The number of benzene rings is 1. The third kappa shape index (κ3) is 2.95. The molecule has 0 bridgehead atoms. The lowest BCUT2D eigenvalue weighted by Crippen LogP contribution is -2.36. The number of rotatable bonds is 4. The van der Waals surface area contributed by atoms with Gasteiger partial charge >= 0.3 is 5.69 Å². The van der Waals surface area contributed by atoms with E-state index in [0.717, 1.165) is 17.5 Å². The maximum absolute atomic E-state index is 12.6. The average molecular weight is 305 g/mol. The van der Waals surface area contributed by atoms with Crippen molar-refractivity contribution in [3.63, 3.8) is 0 Å². The molecule has 4 nitrogen and oxygen atoms in total. The minimum atomic E-state index is -0.429. The molecule has 1 saturated carbocycles. The molecule has 1 aliphatic rings. The Balaban J connectivity index is 2.09. The van der Waals surface area contributed by atoms with E-state index in [2.05, 4.69) is 4.98 Å². The van der Waals surface area contributed by atoms with Gasteiger partial charge in [0.15, 0.2) is 0 Å². The van der Waals surface area contributed by atoms with Crippen LogP contribution in [0.4, 0.5) is 0 Å². The molecule has 1 aromatic heterocycles. The van der Waals surface area contributed by atoms with Crippen LogP contribution in [0.25, 0.3) is 11.1 Å². The third-order valence-electron chi connectivity index (χ3n) is 3.90. The monoisotopic (exact) mass is 304 g/mol. The Bertz CT molecular complexity index is 788. The molecule has 21 heavy (non-hydrogen) atoms. The van der Waals surface area contributed by atoms with Crippen molar-refractivity contribution in [3.8, 4) is 11.1 Å². The molecule has 110 valence electrons. The predicted molar refractivity (Wildman–Crippen MR) is 83.8 cm³/mol. The van der Waals surface area contributed by atoms with Gasteiger partial charge in [0, 0.05) is 6.54 Å². The van der Waals surface area contributed by atoms with Crippen molar-refractivity contribution in [1.82, 2.24) is 9.55 Å². The minimum Gasteiger partial charge on any atom is -0.297 e. The number of hydrogen-bond donors (Lipinski definition) is 1. The first-order valence-corrected chi connectivity index (χ1v) is 7.53. The second-order valence-corrected chi connectivity index (χ2v) is 6.06. The van der Waals surface area contributed by atoms with Gasteiger partial charge in [-0.15, -0.1) is 0 Å². The van der Waals surface area contributed by atoms with Crippen LogP contribution in [0.2, 0.25) is 5.15 Å². The number of nitrogens with one attached hydrogen (secondary N) is 1. The first-order chi connectivity index (χ1) is 10.1. The first kappa shape index (κ1) is 14.1. The summed E-state index contributed by atoms with van der Waals surface area (Å²) in [6.45, 7) is 2.41. The van der Waals surface area contributed by atoms with Gasteiger partial charge in [0.2, 0.25) is 0 Å². The Morgan fingerprint density at radius 1 is 1.33 bits per heavy atom. The van der Waals surface area contributed by atoms with Crippen molar-refractivity contribution in [2.24, 2.45) is 5.92 Å². The number of halogens is 1. The minimum absolute atomic E-state index is 0.110. The van der Waals surface area contributed by atoms with Crippen molar-refractivity contribution in [2.45, 2.75) is 32.7 Å². The maximum atomic E-state index is 12.6. The van der Waals surface area contributed by atoms with E-state index in [1.165, 1.54) is 17.4 Å². The largest absolute Gasteiger partial charge is 0.329 e. The van der Waals surface area contributed by atoms with Crippen LogP contribution in [0, 0.1) is 12.8 Å². The molecule has 0 saturated heterocycles. The lowest BCUT2D eigenvalue weighted by Gasteiger charge is -2.09. The summed E-state index contributed by atoms with van der Waals surface area (Å²) in [5, 5.41) is 0.110. The van der Waals surface area contributed by atoms with E-state index < -0.39 is 5.69 Å². The summed E-state index contributed by atoms with van der Waals surface area (Å²) in [5.74, 6) is 0.661. The van der Waals surface area contributed by atoms with Crippen LogP contribution in [0.3, 0.4) is 0 Å². The van der Waals surface area contributed by atoms with E-state index in [1.807, 2.05) is 31.2 Å². The van der Waals surface area contributed by atoms with Crippen LogP contribution in [0.5, 0.6) is 0 Å². The molecular formula is C16H17ClN2O2. The highest BCUT2D eigenvalue weighted by Crippen LogP contribution is 2.32. The molecule has 1 heterocycles. The van der Waals surface area contributed by atoms with Gasteiger partial charge in [-0.2, -0.15) is 0 Å². The Kier molecular flexibility index (Phi) is 3.72. The fraction of sp³-hybridized carbons (Fsp3) is 0.375. The van der Waals surface area contributed by atoms with E-state index in [0.29, 0.717) is 18.0 Å². The number of aromatic nitrogens is 2. The number of H-pyrrole nitrogens is 1. The summed E-state index contributed by atoms with van der Waals surface area (Å²) in [5.41, 5.74) is 1.41. The van der Waals surface area contributed by atoms with Crippen LogP contribution in [-0.2, 0) is 6.54 Å². The van der Waals surface area contributed by atoms with Crippen LogP contribution >= 0.6 is 11.6 Å². The molecule has 0 amide bonds. The fourth-order valence-electron chi connectivity index (χ4n) is 2.52. The van der Waals surface area contributed by atoms with Gasteiger partial charge in [0.1, 0.15) is 5.15 Å². The highest BCUT2D eigenvalue weighted by Gasteiger charge is 2.22. The second kappa shape index (κ2) is 5.53. The van der Waals surface area contributed by atoms with Gasteiger partial charge in [-0.25, -0.2) is 4.79 Å². The fourth-order valence-corrected chi connectivity index (χ4v) is 2.79. The highest BCUT2D eigenvalue weighted by atomic mass is 35.5. The molecule has 0 spiro atoms. The topological polar surface area (TPSA) is 54.9 Å². The molecule has 0 unspecified atom stereocenters. The summed E-state index contributed by atoms with van der Waals surface area (Å²) in [6, 6.07) is 7.56. The Morgan fingerprint density at radius 3 is 2.76 bits per heavy atom. The van der Waals surface area contributed by atoms with Crippen LogP contribution in [-0.4, -0.2) is 9.55 Å². The molecule has 0 atom stereocenters. The number of nitrogens with zero attached hydrogens (tertiary/aromatic N) is 1. The molecule has 1 aliphatic carbocycles. The molecule has 0 aliphatic heterocycles. The highest BCUT2D eigenvalue weighted by molar-refractivity contribution is 6.32. The lowest BCUT2D eigenvalue weighted by atomic mass is 10.1. The predicted octanol–water partition coefficient (Wildman–Crippen LogP) is 2.97. The van der Waals surface area contributed by atoms with E-state index >= 15 is 0 Å². The van der Waals surface area contributed by atoms with Gasteiger partial charge in [-0.1, -0.05) is 54.3 Å². The average Bonchev–Trinajstić information content (AvgIpc) is 3.22. The maximum Gasteiger partial charge on any atom is 0.329 e. The van der Waals surface area contributed by atoms with Gasteiger partial charge in [-0.05, 0) is 24.8 Å². The normalized spacial score (nSPS) is 14.4. The molecule has 0 radical (unpaired) electrons. The van der Waals surface area contributed by atoms with E-state index in [4.69, 9.17) is 11.6 Å². The Morgan fingerprint density at radius 2 is 2.10 bits per heavy atom. The first-order valence-electron chi connectivity index (χ1n) is 7.16. The molecule has 3 rings (SSSR count). The number of aromatic amines is 1. The summed E-state index contributed by atoms with van der Waals surface area (Å²) in [4.78, 5) is 27.2. The van der Waals surface area contributed by atoms with E-state index in [9.17, 15) is 9.59 Å². The Hall–Kier alpha value is -1.81. The van der Waals surface area contributed by atoms with E-state index in [1.54, 1.807) is 0 Å². The van der Waals surface area contributed by atoms with Crippen molar-refractivity contribution in [2.75, 3.05) is 0 Å². The van der Waals surface area contributed by atoms with Crippen LogP contribution in [0.1, 0.15) is 24.8 Å². The molecule has 1 aromatic carbocycles. The van der Waals surface area contributed by atoms with Crippen molar-refractivity contribution in [3.05, 3.63) is 55.8 Å². The third-order valence-corrected chi connectivity index (χ3v) is 4.19. The van der Waals surface area contributed by atoms with Gasteiger partial charge in [-0.3, -0.25) is 14.3 Å². The summed E-state index contributed by atoms with van der Waals surface area (Å²) in [6.07, 6.45) is 3.27. The van der Waals surface area contributed by atoms with Crippen LogP contribution < -0.4 is 11.2 Å². The SMILES string of the molecule is Cc1cccc(-c2c(Cl)[nH]c(=O)n(CCC3CC3)c2=O)c1. The second-order valence-electron chi connectivity index (χ2n) is 5.68. The molecular weight excluding hydrogens is 288 g/mol. The molecule has 1 fully saturated rings. The zero-order valence-electron chi connectivity index (χ0n) is 11.9. The summed E-state index contributed by atoms with van der Waals surface area (Å²) in [7, 11) is 0. The lowest BCUT2D eigenvalue weighted by molar-refractivity contribution is 0.558. The Labute approximate surface area is 127 Å². The smallest absolute Gasteiger partial charge is 0.297 e. The van der Waals surface area contributed by atoms with E-state index in [-0.39, 0.29) is 10.7 Å². The molecule has 1 N–H and O–H groups in total. The van der Waals surface area contributed by atoms with Crippen LogP contribution in [0.15, 0.2) is 33.9 Å². The van der Waals surface area contributed by atoms with Gasteiger partial charge in [0.05, 0.1) is 5.56 Å².